The summed E-state index contributed by atoms with van der Waals surface area (Å²) >= 11 is 3.19. The van der Waals surface area contributed by atoms with Gasteiger partial charge in [0.15, 0.2) is 0 Å². The van der Waals surface area contributed by atoms with Crippen LogP contribution in [0.5, 0.6) is 5.75 Å². The molecule has 0 spiro atoms. The zero-order chi connectivity index (χ0) is 18.0. The topological polar surface area (TPSA) is 44.7 Å². The fraction of sp³-hybridized carbons (Fsp3) is 0.647. The standard InChI is InChI=1S/C17H22BrF3N2O2/c18-12-9-13(16(24)14(10-12)17(19,20)21)15(11-1-7-25-8-2-11)23-5-3-22-4-6-23/h9-11,15,22,24H,1-8H2/t15-/m0/s1. The Labute approximate surface area is 153 Å². The van der Waals surface area contributed by atoms with E-state index in [1.54, 1.807) is 6.07 Å². The van der Waals surface area contributed by atoms with Gasteiger partial charge in [-0.05, 0) is 30.9 Å². The Morgan fingerprint density at radius 3 is 2.44 bits per heavy atom. The Morgan fingerprint density at radius 1 is 1.20 bits per heavy atom. The van der Waals surface area contributed by atoms with Gasteiger partial charge in [0, 0.05) is 55.5 Å². The normalized spacial score (nSPS) is 22.1. The van der Waals surface area contributed by atoms with Gasteiger partial charge in [-0.1, -0.05) is 15.9 Å². The van der Waals surface area contributed by atoms with Gasteiger partial charge in [-0.25, -0.2) is 0 Å². The molecular weight excluding hydrogens is 401 g/mol. The minimum absolute atomic E-state index is 0.160. The Morgan fingerprint density at radius 2 is 1.84 bits per heavy atom. The van der Waals surface area contributed by atoms with E-state index in [-0.39, 0.29) is 12.0 Å². The van der Waals surface area contributed by atoms with Crippen LogP contribution in [-0.4, -0.2) is 49.4 Å². The number of phenolic OH excluding ortho intramolecular Hbond substituents is 1. The molecule has 3 rings (SSSR count). The van der Waals surface area contributed by atoms with Crippen LogP contribution in [0.1, 0.15) is 30.0 Å². The highest BCUT2D eigenvalue weighted by molar-refractivity contribution is 9.10. The van der Waals surface area contributed by atoms with Crippen molar-refractivity contribution in [3.8, 4) is 5.75 Å². The number of piperazine rings is 1. The molecule has 2 aliphatic rings. The number of phenols is 1. The lowest BCUT2D eigenvalue weighted by molar-refractivity contribution is -0.139. The minimum Gasteiger partial charge on any atom is -0.507 e. The van der Waals surface area contributed by atoms with E-state index in [0.717, 1.165) is 45.1 Å². The molecule has 4 nitrogen and oxygen atoms in total. The lowest BCUT2D eigenvalue weighted by Gasteiger charge is -2.41. The molecule has 2 fully saturated rings. The molecule has 0 aliphatic carbocycles. The van der Waals surface area contributed by atoms with E-state index in [0.29, 0.717) is 23.2 Å². The second-order valence-electron chi connectivity index (χ2n) is 6.57. The van der Waals surface area contributed by atoms with Gasteiger partial charge in [-0.15, -0.1) is 0 Å². The molecule has 0 saturated carbocycles. The number of hydrogen-bond donors (Lipinski definition) is 2. The smallest absolute Gasteiger partial charge is 0.420 e. The molecule has 2 N–H and O–H groups in total. The third kappa shape index (κ3) is 4.30. The van der Waals surface area contributed by atoms with Gasteiger partial charge >= 0.3 is 6.18 Å². The summed E-state index contributed by atoms with van der Waals surface area (Å²) in [6.45, 7) is 4.29. The van der Waals surface area contributed by atoms with Crippen LogP contribution in [0, 0.1) is 5.92 Å². The van der Waals surface area contributed by atoms with Crippen LogP contribution in [0.4, 0.5) is 13.2 Å². The monoisotopic (exact) mass is 422 g/mol. The van der Waals surface area contributed by atoms with E-state index in [1.165, 1.54) is 0 Å². The number of halogens is 4. The van der Waals surface area contributed by atoms with Crippen LogP contribution in [-0.2, 0) is 10.9 Å². The molecule has 2 heterocycles. The average molecular weight is 423 g/mol. The lowest BCUT2D eigenvalue weighted by atomic mass is 9.84. The van der Waals surface area contributed by atoms with Crippen LogP contribution in [0.15, 0.2) is 16.6 Å². The number of rotatable bonds is 3. The molecule has 2 saturated heterocycles. The summed E-state index contributed by atoms with van der Waals surface area (Å²) in [5.41, 5.74) is -0.625. The number of benzene rings is 1. The van der Waals surface area contributed by atoms with E-state index in [4.69, 9.17) is 4.74 Å². The second kappa shape index (κ2) is 7.82. The van der Waals surface area contributed by atoms with Crippen LogP contribution >= 0.6 is 15.9 Å². The fourth-order valence-electron chi connectivity index (χ4n) is 3.80. The van der Waals surface area contributed by atoms with Crippen molar-refractivity contribution < 1.29 is 23.0 Å². The molecular formula is C17H22BrF3N2O2. The summed E-state index contributed by atoms with van der Waals surface area (Å²) in [6.07, 6.45) is -3.03. The molecule has 2 aliphatic heterocycles. The zero-order valence-corrected chi connectivity index (χ0v) is 15.4. The molecule has 140 valence electrons. The van der Waals surface area contributed by atoms with Gasteiger partial charge in [-0.3, -0.25) is 4.90 Å². The highest BCUT2D eigenvalue weighted by atomic mass is 79.9. The maximum atomic E-state index is 13.3. The second-order valence-corrected chi connectivity index (χ2v) is 7.49. The van der Waals surface area contributed by atoms with Crippen LogP contribution in [0.2, 0.25) is 0 Å². The summed E-state index contributed by atoms with van der Waals surface area (Å²) in [4.78, 5) is 2.19. The summed E-state index contributed by atoms with van der Waals surface area (Å²) in [5, 5.41) is 13.7. The molecule has 1 aromatic carbocycles. The molecule has 8 heteroatoms. The average Bonchev–Trinajstić information content (AvgIpc) is 2.59. The molecule has 0 radical (unpaired) electrons. The van der Waals surface area contributed by atoms with E-state index in [2.05, 4.69) is 26.1 Å². The molecule has 0 unspecified atom stereocenters. The first-order valence-electron chi connectivity index (χ1n) is 8.50. The Hall–Kier alpha value is -0.830. The van der Waals surface area contributed by atoms with Gasteiger partial charge in [0.2, 0.25) is 0 Å². The van der Waals surface area contributed by atoms with E-state index < -0.39 is 17.5 Å². The molecule has 0 amide bonds. The predicted octanol–water partition coefficient (Wildman–Crippen LogP) is 3.55. The number of aromatic hydroxyl groups is 1. The SMILES string of the molecule is Oc1c([C@H](C2CCOCC2)N2CCNCC2)cc(Br)cc1C(F)(F)F. The summed E-state index contributed by atoms with van der Waals surface area (Å²) < 4.78 is 45.8. The van der Waals surface area contributed by atoms with E-state index in [1.807, 2.05) is 0 Å². The molecule has 25 heavy (non-hydrogen) atoms. The van der Waals surface area contributed by atoms with Crippen molar-refractivity contribution in [3.05, 3.63) is 27.7 Å². The van der Waals surface area contributed by atoms with Crippen molar-refractivity contribution in [1.82, 2.24) is 10.2 Å². The zero-order valence-electron chi connectivity index (χ0n) is 13.8. The first-order chi connectivity index (χ1) is 11.9. The number of ether oxygens (including phenoxy) is 1. The number of hydrogen-bond acceptors (Lipinski definition) is 4. The molecule has 0 bridgehead atoms. The molecule has 0 aromatic heterocycles. The first-order valence-corrected chi connectivity index (χ1v) is 9.29. The van der Waals surface area contributed by atoms with Crippen molar-refractivity contribution >= 4 is 15.9 Å². The van der Waals surface area contributed by atoms with Crippen molar-refractivity contribution in [1.29, 1.82) is 0 Å². The van der Waals surface area contributed by atoms with E-state index in [9.17, 15) is 18.3 Å². The predicted molar refractivity (Wildman–Crippen MR) is 91.5 cm³/mol. The maximum absolute atomic E-state index is 13.3. The van der Waals surface area contributed by atoms with Gasteiger partial charge in [0.05, 0.1) is 5.56 Å². The van der Waals surface area contributed by atoms with Gasteiger partial charge < -0.3 is 15.2 Å². The van der Waals surface area contributed by atoms with Crippen LogP contribution in [0.3, 0.4) is 0 Å². The largest absolute Gasteiger partial charge is 0.507 e. The number of nitrogens with zero attached hydrogens (tertiary/aromatic N) is 1. The highest BCUT2D eigenvalue weighted by Gasteiger charge is 2.39. The van der Waals surface area contributed by atoms with Gasteiger partial charge in [0.25, 0.3) is 0 Å². The summed E-state index contributed by atoms with van der Waals surface area (Å²) in [6, 6.07) is 2.33. The van der Waals surface area contributed by atoms with Crippen molar-refractivity contribution in [2.45, 2.75) is 25.1 Å². The first kappa shape index (κ1) is 18.9. The Bertz CT molecular complexity index is 582. The van der Waals surface area contributed by atoms with Crippen molar-refractivity contribution in [2.75, 3.05) is 39.4 Å². The van der Waals surface area contributed by atoms with E-state index >= 15 is 0 Å². The highest BCUT2D eigenvalue weighted by Crippen LogP contribution is 2.46. The quantitative estimate of drug-likeness (QED) is 0.781. The van der Waals surface area contributed by atoms with Gasteiger partial charge in [0.1, 0.15) is 5.75 Å². The minimum atomic E-state index is -4.59. The lowest BCUT2D eigenvalue weighted by Crippen LogP contribution is -2.47. The number of nitrogens with one attached hydrogen (secondary N) is 1. The summed E-state index contributed by atoms with van der Waals surface area (Å²) in [7, 11) is 0. The Balaban J connectivity index is 2.04. The number of alkyl halides is 3. The van der Waals surface area contributed by atoms with Crippen molar-refractivity contribution in [2.24, 2.45) is 5.92 Å². The third-order valence-corrected chi connectivity index (χ3v) is 5.44. The molecule has 1 atom stereocenters. The van der Waals surface area contributed by atoms with Crippen LogP contribution < -0.4 is 5.32 Å². The van der Waals surface area contributed by atoms with Crippen LogP contribution in [0.25, 0.3) is 0 Å². The molecule has 1 aromatic rings. The third-order valence-electron chi connectivity index (χ3n) is 4.99. The fourth-order valence-corrected chi connectivity index (χ4v) is 4.28. The summed E-state index contributed by atoms with van der Waals surface area (Å²) in [5.74, 6) is -0.487. The van der Waals surface area contributed by atoms with Gasteiger partial charge in [-0.2, -0.15) is 13.2 Å². The maximum Gasteiger partial charge on any atom is 0.420 e. The van der Waals surface area contributed by atoms with Crippen molar-refractivity contribution in [3.63, 3.8) is 0 Å². The Kier molecular flexibility index (Phi) is 5.92.